The molecular weight excluding hydrogens is 346 g/mol. The van der Waals surface area contributed by atoms with Gasteiger partial charge in [-0.25, -0.2) is 0 Å². The van der Waals surface area contributed by atoms with Crippen LogP contribution in [-0.4, -0.2) is 33.0 Å². The standard InChI is InChI=1S/C21H29NO5/c1-12(15-10-17(25-2)20(27-4)18(11-15)26-3)22-21(24)16-8-13-6-5-7-14(9-16)19(13)23/h10-14,16H,5-9H2,1-4H3,(H,22,24). The van der Waals surface area contributed by atoms with Crippen molar-refractivity contribution in [1.29, 1.82) is 0 Å². The van der Waals surface area contributed by atoms with Gasteiger partial charge in [0.1, 0.15) is 5.78 Å². The normalized spacial score (nSPS) is 25.5. The van der Waals surface area contributed by atoms with Gasteiger partial charge < -0.3 is 19.5 Å². The van der Waals surface area contributed by atoms with Crippen LogP contribution in [0.25, 0.3) is 0 Å². The molecule has 1 amide bonds. The monoisotopic (exact) mass is 375 g/mol. The highest BCUT2D eigenvalue weighted by Crippen LogP contribution is 2.41. The fourth-order valence-corrected chi connectivity index (χ4v) is 4.46. The summed E-state index contributed by atoms with van der Waals surface area (Å²) in [7, 11) is 4.71. The molecular formula is C21H29NO5. The van der Waals surface area contributed by atoms with Crippen molar-refractivity contribution in [2.24, 2.45) is 17.8 Å². The lowest BCUT2D eigenvalue weighted by Crippen LogP contribution is -2.43. The largest absolute Gasteiger partial charge is 0.493 e. The number of Topliss-reactive ketones (excluding diaryl/α,β-unsaturated/α-hetero) is 1. The third kappa shape index (κ3) is 3.89. The number of carbonyl (C=O) groups is 2. The van der Waals surface area contributed by atoms with E-state index in [-0.39, 0.29) is 29.7 Å². The van der Waals surface area contributed by atoms with E-state index in [2.05, 4.69) is 5.32 Å². The first kappa shape index (κ1) is 19.5. The number of fused-ring (bicyclic) bond motifs is 2. The lowest BCUT2D eigenvalue weighted by Gasteiger charge is -2.37. The molecule has 3 unspecified atom stereocenters. The number of benzene rings is 1. The van der Waals surface area contributed by atoms with Gasteiger partial charge in [-0.05, 0) is 50.3 Å². The van der Waals surface area contributed by atoms with Gasteiger partial charge in [0.15, 0.2) is 11.5 Å². The van der Waals surface area contributed by atoms with E-state index in [1.54, 1.807) is 21.3 Å². The van der Waals surface area contributed by atoms with Gasteiger partial charge in [0, 0.05) is 17.8 Å². The lowest BCUT2D eigenvalue weighted by molar-refractivity contribution is -0.137. The second-order valence-electron chi connectivity index (χ2n) is 7.58. The SMILES string of the molecule is COc1cc(C(C)NC(=O)C2CC3CCCC(C2)C3=O)cc(OC)c1OC. The fraction of sp³-hybridized carbons (Fsp3) is 0.619. The summed E-state index contributed by atoms with van der Waals surface area (Å²) in [5, 5.41) is 3.11. The van der Waals surface area contributed by atoms with Crippen molar-refractivity contribution in [1.82, 2.24) is 5.32 Å². The van der Waals surface area contributed by atoms with E-state index in [0.29, 0.717) is 35.9 Å². The van der Waals surface area contributed by atoms with Crippen molar-refractivity contribution in [2.75, 3.05) is 21.3 Å². The first-order valence-electron chi connectivity index (χ1n) is 9.62. The molecule has 2 bridgehead atoms. The molecule has 1 N–H and O–H groups in total. The molecule has 2 fully saturated rings. The summed E-state index contributed by atoms with van der Waals surface area (Å²) < 4.78 is 16.1. The van der Waals surface area contributed by atoms with Crippen LogP contribution in [-0.2, 0) is 9.59 Å². The van der Waals surface area contributed by atoms with Crippen LogP contribution in [0.2, 0.25) is 0 Å². The number of ketones is 1. The average molecular weight is 375 g/mol. The quantitative estimate of drug-likeness (QED) is 0.826. The molecule has 148 valence electrons. The molecule has 1 aromatic rings. The Kier molecular flexibility index (Phi) is 5.92. The zero-order valence-electron chi connectivity index (χ0n) is 16.5. The summed E-state index contributed by atoms with van der Waals surface area (Å²) in [4.78, 5) is 25.1. The minimum atomic E-state index is -0.205. The molecule has 0 heterocycles. The third-order valence-electron chi connectivity index (χ3n) is 5.96. The van der Waals surface area contributed by atoms with Crippen molar-refractivity contribution in [3.63, 3.8) is 0 Å². The van der Waals surface area contributed by atoms with Gasteiger partial charge in [0.2, 0.25) is 11.7 Å². The smallest absolute Gasteiger partial charge is 0.223 e. The Morgan fingerprint density at radius 1 is 1.04 bits per heavy atom. The molecule has 3 atom stereocenters. The highest BCUT2D eigenvalue weighted by molar-refractivity contribution is 5.88. The summed E-state index contributed by atoms with van der Waals surface area (Å²) >= 11 is 0. The van der Waals surface area contributed by atoms with Crippen LogP contribution in [0.4, 0.5) is 0 Å². The molecule has 6 nitrogen and oxygen atoms in total. The minimum Gasteiger partial charge on any atom is -0.493 e. The molecule has 0 spiro atoms. The number of methoxy groups -OCH3 is 3. The van der Waals surface area contributed by atoms with E-state index in [1.807, 2.05) is 19.1 Å². The van der Waals surface area contributed by atoms with Gasteiger partial charge in [-0.3, -0.25) is 9.59 Å². The number of ether oxygens (including phenoxy) is 3. The van der Waals surface area contributed by atoms with Crippen molar-refractivity contribution < 1.29 is 23.8 Å². The third-order valence-corrected chi connectivity index (χ3v) is 5.96. The number of carbonyl (C=O) groups excluding carboxylic acids is 2. The topological polar surface area (TPSA) is 73.9 Å². The van der Waals surface area contributed by atoms with Crippen LogP contribution in [0.15, 0.2) is 12.1 Å². The molecule has 1 aromatic carbocycles. The second kappa shape index (κ2) is 8.19. The maximum atomic E-state index is 12.8. The number of hydrogen-bond acceptors (Lipinski definition) is 5. The summed E-state index contributed by atoms with van der Waals surface area (Å²) in [6.45, 7) is 1.94. The molecule has 0 aliphatic heterocycles. The van der Waals surface area contributed by atoms with Crippen LogP contribution in [0.1, 0.15) is 50.6 Å². The van der Waals surface area contributed by atoms with Crippen LogP contribution < -0.4 is 19.5 Å². The Morgan fingerprint density at radius 2 is 1.59 bits per heavy atom. The summed E-state index contributed by atoms with van der Waals surface area (Å²) in [5.74, 6) is 2.12. The van der Waals surface area contributed by atoms with E-state index in [4.69, 9.17) is 14.2 Å². The fourth-order valence-electron chi connectivity index (χ4n) is 4.46. The molecule has 2 saturated carbocycles. The van der Waals surface area contributed by atoms with E-state index in [9.17, 15) is 9.59 Å². The van der Waals surface area contributed by atoms with Crippen molar-refractivity contribution >= 4 is 11.7 Å². The number of rotatable bonds is 6. The van der Waals surface area contributed by atoms with E-state index >= 15 is 0 Å². The first-order chi connectivity index (χ1) is 13.0. The molecule has 2 aliphatic carbocycles. The Bertz CT molecular complexity index is 676. The van der Waals surface area contributed by atoms with Crippen LogP contribution >= 0.6 is 0 Å². The Hall–Kier alpha value is -2.24. The predicted octanol–water partition coefficient (Wildman–Crippen LogP) is 3.29. The van der Waals surface area contributed by atoms with Crippen molar-refractivity contribution in [3.05, 3.63) is 17.7 Å². The molecule has 27 heavy (non-hydrogen) atoms. The van der Waals surface area contributed by atoms with Crippen LogP contribution in [0, 0.1) is 17.8 Å². The number of amides is 1. The summed E-state index contributed by atoms with van der Waals surface area (Å²) in [6, 6.07) is 3.50. The van der Waals surface area contributed by atoms with Crippen molar-refractivity contribution in [3.8, 4) is 17.2 Å². The van der Waals surface area contributed by atoms with E-state index < -0.39 is 0 Å². The van der Waals surface area contributed by atoms with Gasteiger partial charge in [-0.1, -0.05) is 6.42 Å². The maximum absolute atomic E-state index is 12.8. The molecule has 0 saturated heterocycles. The van der Waals surface area contributed by atoms with E-state index in [1.165, 1.54) is 0 Å². The number of hydrogen-bond donors (Lipinski definition) is 1. The van der Waals surface area contributed by atoms with Gasteiger partial charge >= 0.3 is 0 Å². The van der Waals surface area contributed by atoms with E-state index in [0.717, 1.165) is 24.8 Å². The van der Waals surface area contributed by atoms with Gasteiger partial charge in [0.05, 0.1) is 27.4 Å². The van der Waals surface area contributed by atoms with Crippen molar-refractivity contribution in [2.45, 2.75) is 45.1 Å². The molecule has 0 aromatic heterocycles. The van der Waals surface area contributed by atoms with Gasteiger partial charge in [0.25, 0.3) is 0 Å². The molecule has 6 heteroatoms. The predicted molar refractivity (Wildman–Crippen MR) is 101 cm³/mol. The highest BCUT2D eigenvalue weighted by Gasteiger charge is 2.41. The van der Waals surface area contributed by atoms with Crippen LogP contribution in [0.3, 0.4) is 0 Å². The zero-order chi connectivity index (χ0) is 19.6. The Balaban J connectivity index is 1.72. The van der Waals surface area contributed by atoms with Gasteiger partial charge in [-0.15, -0.1) is 0 Å². The Morgan fingerprint density at radius 3 is 2.07 bits per heavy atom. The summed E-state index contributed by atoms with van der Waals surface area (Å²) in [5.41, 5.74) is 0.880. The number of nitrogens with one attached hydrogen (secondary N) is 1. The lowest BCUT2D eigenvalue weighted by atomic mass is 9.67. The maximum Gasteiger partial charge on any atom is 0.223 e. The van der Waals surface area contributed by atoms with Gasteiger partial charge in [-0.2, -0.15) is 0 Å². The molecule has 0 radical (unpaired) electrons. The first-order valence-corrected chi connectivity index (χ1v) is 9.62. The average Bonchev–Trinajstić information content (AvgIpc) is 2.66. The van der Waals surface area contributed by atoms with Crippen LogP contribution in [0.5, 0.6) is 17.2 Å². The Labute approximate surface area is 160 Å². The molecule has 3 rings (SSSR count). The molecule has 2 aliphatic rings. The highest BCUT2D eigenvalue weighted by atomic mass is 16.5. The summed E-state index contributed by atoms with van der Waals surface area (Å²) in [6.07, 6.45) is 4.34. The second-order valence-corrected chi connectivity index (χ2v) is 7.58. The zero-order valence-corrected chi connectivity index (χ0v) is 16.5. The minimum absolute atomic E-state index is 0.0284.